The van der Waals surface area contributed by atoms with Crippen LogP contribution < -0.4 is 0 Å². The fourth-order valence-corrected chi connectivity index (χ4v) is 2.76. The fraction of sp³-hybridized carbons (Fsp3) is 0.882. The van der Waals surface area contributed by atoms with E-state index in [-0.39, 0.29) is 11.2 Å². The average Bonchev–Trinajstić information content (AvgIpc) is 2.86. The number of hydrogen-bond acceptors (Lipinski definition) is 2. The molecule has 0 unspecified atom stereocenters. The predicted octanol–water partition coefficient (Wildman–Crippen LogP) is 5.54. The zero-order valence-corrected chi connectivity index (χ0v) is 14.2. The van der Waals surface area contributed by atoms with Crippen LogP contribution in [0.1, 0.15) is 90.4 Å². The summed E-state index contributed by atoms with van der Waals surface area (Å²) in [6.07, 6.45) is 17.0. The summed E-state index contributed by atoms with van der Waals surface area (Å²) in [7, 11) is 0. The average molecular weight is 319 g/mol. The minimum atomic E-state index is -0.595. The summed E-state index contributed by atoms with van der Waals surface area (Å²) < 4.78 is 0. The molecule has 0 aromatic rings. The van der Waals surface area contributed by atoms with Gasteiger partial charge in [-0.15, -0.1) is 0 Å². The molecular formula is C17H31ClO3. The number of aliphatic carboxylic acids is 1. The third-order valence-electron chi connectivity index (χ3n) is 3.95. The number of carbonyl (C=O) groups is 2. The first-order valence-electron chi connectivity index (χ1n) is 8.43. The van der Waals surface area contributed by atoms with Crippen LogP contribution in [0.25, 0.3) is 0 Å². The molecule has 2 saturated carbocycles. The Morgan fingerprint density at radius 3 is 1.24 bits per heavy atom. The van der Waals surface area contributed by atoms with E-state index in [2.05, 4.69) is 11.6 Å². The van der Waals surface area contributed by atoms with Crippen molar-refractivity contribution in [1.29, 1.82) is 0 Å². The highest BCUT2D eigenvalue weighted by atomic mass is 35.5. The minimum Gasteiger partial charge on any atom is -0.481 e. The molecule has 4 heteroatoms. The normalized spacial score (nSPS) is 19.7. The van der Waals surface area contributed by atoms with E-state index >= 15 is 0 Å². The van der Waals surface area contributed by atoms with Gasteiger partial charge in [0.1, 0.15) is 0 Å². The lowest BCUT2D eigenvalue weighted by atomic mass is 10.0. The summed E-state index contributed by atoms with van der Waals surface area (Å²) in [4.78, 5) is 19.7. The van der Waals surface area contributed by atoms with Crippen molar-refractivity contribution in [2.45, 2.75) is 90.4 Å². The van der Waals surface area contributed by atoms with Gasteiger partial charge in [-0.2, -0.15) is 0 Å². The van der Waals surface area contributed by atoms with Crippen LogP contribution >= 0.6 is 11.6 Å². The highest BCUT2D eigenvalue weighted by molar-refractivity contribution is 6.62. The van der Waals surface area contributed by atoms with Crippen LogP contribution in [-0.2, 0) is 9.59 Å². The highest BCUT2D eigenvalue weighted by Crippen LogP contribution is 2.22. The molecule has 0 amide bonds. The summed E-state index contributed by atoms with van der Waals surface area (Å²) in [6, 6.07) is 0. The minimum absolute atomic E-state index is 0.0394. The number of halogens is 1. The van der Waals surface area contributed by atoms with Gasteiger partial charge in [0.05, 0.1) is 5.92 Å². The molecule has 1 N–H and O–H groups in total. The van der Waals surface area contributed by atoms with Gasteiger partial charge < -0.3 is 5.11 Å². The standard InChI is InChI=1S/C8H14O2.C7H14.C2H3ClO/c9-8(10)7-5-3-1-2-4-6-7;1-2-4-6-7-5-3-1;1-2(3)4/h7H,1-6H2,(H,9,10);1-7H2;1H3. The van der Waals surface area contributed by atoms with Crippen LogP contribution in [0.5, 0.6) is 0 Å². The SMILES string of the molecule is C1CCCCCC1.CC(=O)Cl.O=C(O)C1CCCCCC1. The molecule has 0 heterocycles. The molecule has 0 aliphatic heterocycles. The molecule has 2 aliphatic rings. The fourth-order valence-electron chi connectivity index (χ4n) is 2.76. The Kier molecular flexibility index (Phi) is 14.0. The van der Waals surface area contributed by atoms with Crippen molar-refractivity contribution >= 4 is 22.8 Å². The summed E-state index contributed by atoms with van der Waals surface area (Å²) >= 11 is 4.64. The largest absolute Gasteiger partial charge is 0.481 e. The van der Waals surface area contributed by atoms with Crippen molar-refractivity contribution in [3.05, 3.63) is 0 Å². The van der Waals surface area contributed by atoms with Gasteiger partial charge in [-0.1, -0.05) is 70.6 Å². The Bertz CT molecular complexity index is 248. The summed E-state index contributed by atoms with van der Waals surface area (Å²) in [6.45, 7) is 1.29. The van der Waals surface area contributed by atoms with E-state index in [4.69, 9.17) is 5.11 Å². The van der Waals surface area contributed by atoms with Crippen LogP contribution in [0.3, 0.4) is 0 Å². The lowest BCUT2D eigenvalue weighted by molar-refractivity contribution is -0.142. The predicted molar refractivity (Wildman–Crippen MR) is 87.7 cm³/mol. The molecule has 2 aliphatic carbocycles. The molecule has 0 bridgehead atoms. The first-order valence-corrected chi connectivity index (χ1v) is 8.80. The molecule has 0 saturated heterocycles. The second-order valence-electron chi connectivity index (χ2n) is 5.97. The third-order valence-corrected chi connectivity index (χ3v) is 3.95. The Labute approximate surface area is 134 Å². The third kappa shape index (κ3) is 15.6. The van der Waals surface area contributed by atoms with Crippen LogP contribution in [0.2, 0.25) is 0 Å². The molecule has 2 rings (SSSR count). The van der Waals surface area contributed by atoms with Crippen molar-refractivity contribution in [1.82, 2.24) is 0 Å². The number of carboxylic acid groups (broad SMARTS) is 1. The molecule has 3 nitrogen and oxygen atoms in total. The zero-order chi connectivity index (χ0) is 15.9. The maximum atomic E-state index is 10.5. The lowest BCUT2D eigenvalue weighted by Gasteiger charge is -2.05. The van der Waals surface area contributed by atoms with Gasteiger partial charge in [0, 0.05) is 6.92 Å². The van der Waals surface area contributed by atoms with Gasteiger partial charge in [-0.25, -0.2) is 0 Å². The smallest absolute Gasteiger partial charge is 0.306 e. The summed E-state index contributed by atoms with van der Waals surface area (Å²) in [5.74, 6) is -0.635. The lowest BCUT2D eigenvalue weighted by Crippen LogP contribution is -2.11. The second-order valence-corrected chi connectivity index (χ2v) is 6.50. The van der Waals surface area contributed by atoms with E-state index in [1.165, 1.54) is 64.7 Å². The number of carboxylic acids is 1. The monoisotopic (exact) mass is 318 g/mol. The second kappa shape index (κ2) is 14.4. The van der Waals surface area contributed by atoms with Gasteiger partial charge in [0.15, 0.2) is 0 Å². The Morgan fingerprint density at radius 2 is 1.00 bits per heavy atom. The number of rotatable bonds is 1. The van der Waals surface area contributed by atoms with Gasteiger partial charge in [0.25, 0.3) is 0 Å². The van der Waals surface area contributed by atoms with Gasteiger partial charge in [0.2, 0.25) is 5.24 Å². The number of hydrogen-bond donors (Lipinski definition) is 1. The molecule has 2 fully saturated rings. The van der Waals surface area contributed by atoms with Crippen molar-refractivity contribution in [3.63, 3.8) is 0 Å². The molecule has 21 heavy (non-hydrogen) atoms. The van der Waals surface area contributed by atoms with E-state index in [1.54, 1.807) is 0 Å². The molecule has 0 spiro atoms. The topological polar surface area (TPSA) is 54.4 Å². The molecule has 0 aromatic heterocycles. The molecule has 0 aromatic carbocycles. The molecule has 0 radical (unpaired) electrons. The maximum absolute atomic E-state index is 10.5. The van der Waals surface area contributed by atoms with Crippen LogP contribution in [0.15, 0.2) is 0 Å². The summed E-state index contributed by atoms with van der Waals surface area (Å²) in [5.41, 5.74) is 0. The van der Waals surface area contributed by atoms with Crippen LogP contribution in [-0.4, -0.2) is 16.3 Å². The van der Waals surface area contributed by atoms with Gasteiger partial charge >= 0.3 is 5.97 Å². The first-order chi connectivity index (χ1) is 10.0. The van der Waals surface area contributed by atoms with E-state index < -0.39 is 5.97 Å². The van der Waals surface area contributed by atoms with Gasteiger partial charge in [-0.05, 0) is 24.4 Å². The Hall–Kier alpha value is -0.570. The highest BCUT2D eigenvalue weighted by Gasteiger charge is 2.18. The molecule has 124 valence electrons. The Balaban J connectivity index is 0.000000317. The first kappa shape index (κ1) is 20.4. The molecule has 0 atom stereocenters. The zero-order valence-electron chi connectivity index (χ0n) is 13.4. The van der Waals surface area contributed by atoms with Crippen LogP contribution in [0.4, 0.5) is 0 Å². The van der Waals surface area contributed by atoms with E-state index in [1.807, 2.05) is 0 Å². The van der Waals surface area contributed by atoms with Crippen LogP contribution in [0, 0.1) is 5.92 Å². The van der Waals surface area contributed by atoms with E-state index in [0.717, 1.165) is 25.7 Å². The summed E-state index contributed by atoms with van der Waals surface area (Å²) in [5, 5.41) is 8.30. The quantitative estimate of drug-likeness (QED) is 0.510. The van der Waals surface area contributed by atoms with Crippen molar-refractivity contribution in [2.24, 2.45) is 5.92 Å². The van der Waals surface area contributed by atoms with Crippen molar-refractivity contribution in [3.8, 4) is 0 Å². The number of carbonyl (C=O) groups excluding carboxylic acids is 1. The Morgan fingerprint density at radius 1 is 0.762 bits per heavy atom. The maximum Gasteiger partial charge on any atom is 0.306 e. The van der Waals surface area contributed by atoms with Crippen molar-refractivity contribution in [2.75, 3.05) is 0 Å². The van der Waals surface area contributed by atoms with Gasteiger partial charge in [-0.3, -0.25) is 9.59 Å². The van der Waals surface area contributed by atoms with E-state index in [0.29, 0.717) is 0 Å². The van der Waals surface area contributed by atoms with E-state index in [9.17, 15) is 9.59 Å². The molecular weight excluding hydrogens is 288 g/mol. The van der Waals surface area contributed by atoms with Crippen molar-refractivity contribution < 1.29 is 14.7 Å².